The number of anilines is 3. The van der Waals surface area contributed by atoms with Gasteiger partial charge in [-0.3, -0.25) is 14.5 Å². The molecule has 146 valence electrons. The summed E-state index contributed by atoms with van der Waals surface area (Å²) in [5, 5.41) is 2.91. The minimum absolute atomic E-state index is 0.0459. The fourth-order valence-corrected chi connectivity index (χ4v) is 4.04. The van der Waals surface area contributed by atoms with Gasteiger partial charge in [0.15, 0.2) is 0 Å². The minimum atomic E-state index is -0.165. The van der Waals surface area contributed by atoms with Crippen molar-refractivity contribution in [1.29, 1.82) is 0 Å². The zero-order chi connectivity index (χ0) is 19.5. The first kappa shape index (κ1) is 18.5. The van der Waals surface area contributed by atoms with Gasteiger partial charge in [0.25, 0.3) is 0 Å². The van der Waals surface area contributed by atoms with Crippen LogP contribution in [0.1, 0.15) is 13.3 Å². The summed E-state index contributed by atoms with van der Waals surface area (Å²) < 4.78 is 0. The van der Waals surface area contributed by atoms with Crippen molar-refractivity contribution in [3.63, 3.8) is 0 Å². The lowest BCUT2D eigenvalue weighted by Gasteiger charge is -2.37. The molecule has 0 radical (unpaired) electrons. The number of benzene rings is 2. The van der Waals surface area contributed by atoms with E-state index in [1.807, 2.05) is 37.3 Å². The Morgan fingerprint density at radius 1 is 1.00 bits per heavy atom. The molecule has 2 aromatic rings. The van der Waals surface area contributed by atoms with Crippen LogP contribution in [0.4, 0.5) is 17.1 Å². The highest BCUT2D eigenvalue weighted by atomic mass is 16.2. The van der Waals surface area contributed by atoms with E-state index < -0.39 is 0 Å². The van der Waals surface area contributed by atoms with E-state index in [-0.39, 0.29) is 17.9 Å². The maximum atomic E-state index is 13.2. The molecular weight excluding hydrogens is 352 g/mol. The van der Waals surface area contributed by atoms with E-state index in [9.17, 15) is 9.59 Å². The van der Waals surface area contributed by atoms with Crippen molar-refractivity contribution in [1.82, 2.24) is 4.90 Å². The second-order valence-electron chi connectivity index (χ2n) is 7.48. The van der Waals surface area contributed by atoms with E-state index in [4.69, 9.17) is 0 Å². The monoisotopic (exact) mass is 378 g/mol. The number of rotatable bonds is 3. The molecule has 1 saturated heterocycles. The van der Waals surface area contributed by atoms with Gasteiger partial charge in [0.1, 0.15) is 0 Å². The molecule has 2 aromatic carbocycles. The molecule has 2 amide bonds. The van der Waals surface area contributed by atoms with Crippen LogP contribution in [0, 0.1) is 0 Å². The molecule has 0 spiro atoms. The molecular formula is C22H26N4O2. The summed E-state index contributed by atoms with van der Waals surface area (Å²) in [6.07, 6.45) is 0.308. The van der Waals surface area contributed by atoms with Gasteiger partial charge in [-0.2, -0.15) is 0 Å². The quantitative estimate of drug-likeness (QED) is 0.892. The van der Waals surface area contributed by atoms with Gasteiger partial charge in [-0.05, 0) is 31.2 Å². The number of para-hydroxylation sites is 3. The Morgan fingerprint density at radius 2 is 1.68 bits per heavy atom. The first-order chi connectivity index (χ1) is 13.6. The predicted molar refractivity (Wildman–Crippen MR) is 112 cm³/mol. The van der Waals surface area contributed by atoms with Gasteiger partial charge in [-0.15, -0.1) is 0 Å². The molecule has 28 heavy (non-hydrogen) atoms. The topological polar surface area (TPSA) is 55.9 Å². The van der Waals surface area contributed by atoms with E-state index in [0.717, 1.165) is 31.9 Å². The summed E-state index contributed by atoms with van der Waals surface area (Å²) in [5.74, 6) is -0.00339. The average molecular weight is 378 g/mol. The normalized spacial score (nSPS) is 20.3. The molecule has 1 atom stereocenters. The average Bonchev–Trinajstić information content (AvgIpc) is 2.83. The van der Waals surface area contributed by atoms with Crippen LogP contribution in [0.25, 0.3) is 0 Å². The van der Waals surface area contributed by atoms with Crippen LogP contribution in [0.2, 0.25) is 0 Å². The Kier molecular flexibility index (Phi) is 5.30. The lowest BCUT2D eigenvalue weighted by atomic mass is 10.1. The van der Waals surface area contributed by atoms with Crippen LogP contribution in [-0.2, 0) is 9.59 Å². The van der Waals surface area contributed by atoms with Crippen LogP contribution < -0.4 is 15.1 Å². The molecule has 6 heteroatoms. The Hall–Kier alpha value is -2.86. The van der Waals surface area contributed by atoms with Crippen molar-refractivity contribution in [2.24, 2.45) is 0 Å². The van der Waals surface area contributed by atoms with Gasteiger partial charge in [-0.25, -0.2) is 0 Å². The zero-order valence-electron chi connectivity index (χ0n) is 16.2. The Labute approximate surface area is 165 Å². The minimum Gasteiger partial charge on any atom is -0.369 e. The van der Waals surface area contributed by atoms with Gasteiger partial charge in [0, 0.05) is 44.3 Å². The van der Waals surface area contributed by atoms with Crippen molar-refractivity contribution >= 4 is 28.9 Å². The van der Waals surface area contributed by atoms with Crippen LogP contribution in [0.15, 0.2) is 54.6 Å². The van der Waals surface area contributed by atoms with Crippen LogP contribution in [0.3, 0.4) is 0 Å². The predicted octanol–water partition coefficient (Wildman–Crippen LogP) is 2.57. The SMILES string of the molecule is C[C@H]1CC(=O)Nc2ccccc2N1C(=O)CN1CCN(c2ccccc2)CC1. The number of carbonyl (C=O) groups excluding carboxylic acids is 2. The maximum Gasteiger partial charge on any atom is 0.241 e. The first-order valence-corrected chi connectivity index (χ1v) is 9.85. The second-order valence-corrected chi connectivity index (χ2v) is 7.48. The number of piperazine rings is 1. The number of nitrogens with zero attached hydrogens (tertiary/aromatic N) is 3. The molecule has 0 saturated carbocycles. The van der Waals surface area contributed by atoms with Crippen LogP contribution >= 0.6 is 0 Å². The molecule has 0 aromatic heterocycles. The summed E-state index contributed by atoms with van der Waals surface area (Å²) in [6, 6.07) is 17.8. The molecule has 0 bridgehead atoms. The fourth-order valence-electron chi connectivity index (χ4n) is 4.04. The lowest BCUT2D eigenvalue weighted by molar-refractivity contribution is -0.120. The largest absolute Gasteiger partial charge is 0.369 e. The summed E-state index contributed by atoms with van der Waals surface area (Å²) in [5.41, 5.74) is 2.72. The third-order valence-corrected chi connectivity index (χ3v) is 5.48. The lowest BCUT2D eigenvalue weighted by Crippen LogP contribution is -2.51. The highest BCUT2D eigenvalue weighted by Gasteiger charge is 2.31. The van der Waals surface area contributed by atoms with Gasteiger partial charge in [0.2, 0.25) is 11.8 Å². The molecule has 0 aliphatic carbocycles. The summed E-state index contributed by atoms with van der Waals surface area (Å²) >= 11 is 0. The Bertz CT molecular complexity index is 847. The van der Waals surface area contributed by atoms with E-state index in [0.29, 0.717) is 18.7 Å². The van der Waals surface area contributed by atoms with Crippen LogP contribution in [-0.4, -0.2) is 55.5 Å². The first-order valence-electron chi connectivity index (χ1n) is 9.85. The van der Waals surface area contributed by atoms with E-state index >= 15 is 0 Å². The molecule has 1 fully saturated rings. The summed E-state index contributed by atoms with van der Waals surface area (Å²) in [6.45, 7) is 5.82. The summed E-state index contributed by atoms with van der Waals surface area (Å²) in [7, 11) is 0. The highest BCUT2D eigenvalue weighted by molar-refractivity contribution is 6.04. The van der Waals surface area contributed by atoms with Gasteiger partial charge < -0.3 is 15.1 Å². The third kappa shape index (κ3) is 3.87. The standard InChI is InChI=1S/C22H26N4O2/c1-17-15-21(27)23-19-9-5-6-10-20(19)26(17)22(28)16-24-11-13-25(14-12-24)18-7-3-2-4-8-18/h2-10,17H,11-16H2,1H3,(H,23,27)/t17-/m0/s1. The Morgan fingerprint density at radius 3 is 2.43 bits per heavy atom. The van der Waals surface area contributed by atoms with Crippen molar-refractivity contribution < 1.29 is 9.59 Å². The number of nitrogens with one attached hydrogen (secondary N) is 1. The van der Waals surface area contributed by atoms with Gasteiger partial charge >= 0.3 is 0 Å². The fraction of sp³-hybridized carbons (Fsp3) is 0.364. The third-order valence-electron chi connectivity index (χ3n) is 5.48. The number of hydrogen-bond donors (Lipinski definition) is 1. The number of fused-ring (bicyclic) bond motifs is 1. The smallest absolute Gasteiger partial charge is 0.241 e. The van der Waals surface area contributed by atoms with Crippen molar-refractivity contribution in [3.8, 4) is 0 Å². The van der Waals surface area contributed by atoms with Gasteiger partial charge in [0.05, 0.1) is 17.9 Å². The molecule has 6 nitrogen and oxygen atoms in total. The second kappa shape index (κ2) is 8.02. The molecule has 4 rings (SSSR count). The number of amides is 2. The molecule has 2 aliphatic heterocycles. The Balaban J connectivity index is 1.43. The number of carbonyl (C=O) groups is 2. The van der Waals surface area contributed by atoms with E-state index in [1.54, 1.807) is 4.90 Å². The molecule has 2 heterocycles. The number of hydrogen-bond acceptors (Lipinski definition) is 4. The van der Waals surface area contributed by atoms with E-state index in [2.05, 4.69) is 39.4 Å². The van der Waals surface area contributed by atoms with Crippen LogP contribution in [0.5, 0.6) is 0 Å². The summed E-state index contributed by atoms with van der Waals surface area (Å²) in [4.78, 5) is 31.7. The van der Waals surface area contributed by atoms with Gasteiger partial charge in [-0.1, -0.05) is 30.3 Å². The van der Waals surface area contributed by atoms with Crippen molar-refractivity contribution in [2.45, 2.75) is 19.4 Å². The molecule has 0 unspecified atom stereocenters. The molecule has 1 N–H and O–H groups in total. The molecule has 2 aliphatic rings. The zero-order valence-corrected chi connectivity index (χ0v) is 16.2. The van der Waals surface area contributed by atoms with Crippen molar-refractivity contribution in [3.05, 3.63) is 54.6 Å². The highest BCUT2D eigenvalue weighted by Crippen LogP contribution is 2.31. The van der Waals surface area contributed by atoms with E-state index in [1.165, 1.54) is 5.69 Å². The maximum absolute atomic E-state index is 13.2. The van der Waals surface area contributed by atoms with Crippen molar-refractivity contribution in [2.75, 3.05) is 47.8 Å².